The number of benzene rings is 1. The Morgan fingerprint density at radius 1 is 1.16 bits per heavy atom. The molecular formula is C18H23N5O2. The van der Waals surface area contributed by atoms with E-state index in [1.807, 2.05) is 57.4 Å². The van der Waals surface area contributed by atoms with Crippen molar-refractivity contribution < 1.29 is 9.21 Å². The predicted octanol–water partition coefficient (Wildman–Crippen LogP) is 1.92. The van der Waals surface area contributed by atoms with Gasteiger partial charge in [0.15, 0.2) is 0 Å². The van der Waals surface area contributed by atoms with Crippen LogP contribution in [-0.2, 0) is 17.9 Å². The molecule has 0 N–H and O–H groups in total. The van der Waals surface area contributed by atoms with Crippen LogP contribution in [0, 0.1) is 6.92 Å². The van der Waals surface area contributed by atoms with Crippen LogP contribution in [0.1, 0.15) is 11.5 Å². The van der Waals surface area contributed by atoms with E-state index < -0.39 is 0 Å². The molecule has 7 nitrogen and oxygen atoms in total. The highest BCUT2D eigenvalue weighted by atomic mass is 16.3. The summed E-state index contributed by atoms with van der Waals surface area (Å²) in [5, 5.41) is 8.22. The number of nitrogens with zero attached hydrogens (tertiary/aromatic N) is 5. The van der Waals surface area contributed by atoms with Crippen molar-refractivity contribution in [1.29, 1.82) is 0 Å². The van der Waals surface area contributed by atoms with Gasteiger partial charge < -0.3 is 14.2 Å². The molecule has 1 amide bonds. The summed E-state index contributed by atoms with van der Waals surface area (Å²) in [6.07, 6.45) is 0. The molecule has 3 aromatic rings. The molecule has 0 saturated heterocycles. The molecule has 3 rings (SSSR count). The van der Waals surface area contributed by atoms with Crippen molar-refractivity contribution >= 4 is 16.9 Å². The third-order valence-corrected chi connectivity index (χ3v) is 4.02. The Morgan fingerprint density at radius 2 is 1.96 bits per heavy atom. The van der Waals surface area contributed by atoms with Gasteiger partial charge in [0.25, 0.3) is 0 Å². The molecule has 0 fully saturated rings. The maximum atomic E-state index is 12.9. The van der Waals surface area contributed by atoms with Gasteiger partial charge in [-0.25, -0.2) is 4.68 Å². The summed E-state index contributed by atoms with van der Waals surface area (Å²) in [4.78, 5) is 16.7. The van der Waals surface area contributed by atoms with E-state index in [0.717, 1.165) is 29.1 Å². The zero-order valence-corrected chi connectivity index (χ0v) is 14.8. The van der Waals surface area contributed by atoms with Crippen molar-refractivity contribution in [2.75, 3.05) is 27.2 Å². The molecule has 0 spiro atoms. The third kappa shape index (κ3) is 4.24. The first-order valence-corrected chi connectivity index (χ1v) is 8.29. The number of carbonyl (C=O) groups is 1. The average molecular weight is 341 g/mol. The minimum absolute atomic E-state index is 0.00782. The lowest BCUT2D eigenvalue weighted by atomic mass is 10.3. The maximum Gasteiger partial charge on any atom is 0.244 e. The number of aryl methyl sites for hydroxylation is 1. The molecule has 0 unspecified atom stereocenters. The van der Waals surface area contributed by atoms with Gasteiger partial charge in [0, 0.05) is 13.1 Å². The summed E-state index contributed by atoms with van der Waals surface area (Å²) in [7, 11) is 3.98. The highest BCUT2D eigenvalue weighted by Gasteiger charge is 2.18. The standard InChI is InChI=1S/C18H23N5O2/c1-14-8-9-15(25-14)12-22(11-10-21(2)3)18(24)13-23-17-7-5-4-6-16(17)19-20-23/h4-9H,10-13H2,1-3H3. The largest absolute Gasteiger partial charge is 0.464 e. The first-order valence-electron chi connectivity index (χ1n) is 8.29. The van der Waals surface area contributed by atoms with Gasteiger partial charge in [-0.1, -0.05) is 17.3 Å². The number of hydrogen-bond donors (Lipinski definition) is 0. The second kappa shape index (κ2) is 7.48. The molecule has 0 atom stereocenters. The lowest BCUT2D eigenvalue weighted by Crippen LogP contribution is -2.38. The highest BCUT2D eigenvalue weighted by molar-refractivity contribution is 5.79. The molecule has 132 valence electrons. The number of amides is 1. The SMILES string of the molecule is Cc1ccc(CN(CCN(C)C)C(=O)Cn2nnc3ccccc32)o1. The summed E-state index contributed by atoms with van der Waals surface area (Å²) >= 11 is 0. The topological polar surface area (TPSA) is 67.4 Å². The summed E-state index contributed by atoms with van der Waals surface area (Å²) in [5.41, 5.74) is 1.65. The summed E-state index contributed by atoms with van der Waals surface area (Å²) in [5.74, 6) is 1.62. The Bertz CT molecular complexity index is 852. The molecule has 7 heteroatoms. The molecule has 25 heavy (non-hydrogen) atoms. The van der Waals surface area contributed by atoms with Crippen LogP contribution in [0.2, 0.25) is 0 Å². The van der Waals surface area contributed by atoms with Crippen molar-refractivity contribution in [1.82, 2.24) is 24.8 Å². The van der Waals surface area contributed by atoms with Gasteiger partial charge in [0.05, 0.1) is 12.1 Å². The quantitative estimate of drug-likeness (QED) is 0.657. The van der Waals surface area contributed by atoms with Crippen LogP contribution in [0.25, 0.3) is 11.0 Å². The Hall–Kier alpha value is -2.67. The zero-order chi connectivity index (χ0) is 17.8. The maximum absolute atomic E-state index is 12.9. The van der Waals surface area contributed by atoms with Crippen LogP contribution in [0.15, 0.2) is 40.8 Å². The minimum Gasteiger partial charge on any atom is -0.464 e. The van der Waals surface area contributed by atoms with E-state index in [2.05, 4.69) is 15.2 Å². The molecule has 2 aromatic heterocycles. The molecule has 1 aromatic carbocycles. The van der Waals surface area contributed by atoms with Crippen molar-refractivity contribution in [2.24, 2.45) is 0 Å². The number of furan rings is 1. The van der Waals surface area contributed by atoms with Crippen molar-refractivity contribution in [3.05, 3.63) is 47.9 Å². The predicted molar refractivity (Wildman–Crippen MR) is 94.9 cm³/mol. The van der Waals surface area contributed by atoms with E-state index in [4.69, 9.17) is 4.42 Å². The lowest BCUT2D eigenvalue weighted by molar-refractivity contribution is -0.133. The van der Waals surface area contributed by atoms with E-state index in [1.54, 1.807) is 9.58 Å². The fourth-order valence-corrected chi connectivity index (χ4v) is 2.63. The van der Waals surface area contributed by atoms with Crippen molar-refractivity contribution in [2.45, 2.75) is 20.0 Å². The van der Waals surface area contributed by atoms with E-state index in [9.17, 15) is 4.79 Å². The second-order valence-corrected chi connectivity index (χ2v) is 6.37. The third-order valence-electron chi connectivity index (χ3n) is 4.02. The van der Waals surface area contributed by atoms with Crippen molar-refractivity contribution in [3.63, 3.8) is 0 Å². The fraction of sp³-hybridized carbons (Fsp3) is 0.389. The number of hydrogen-bond acceptors (Lipinski definition) is 5. The lowest BCUT2D eigenvalue weighted by Gasteiger charge is -2.23. The molecule has 0 saturated carbocycles. The van der Waals surface area contributed by atoms with Crippen LogP contribution in [-0.4, -0.2) is 57.9 Å². The molecule has 2 heterocycles. The highest BCUT2D eigenvalue weighted by Crippen LogP contribution is 2.13. The first kappa shape index (κ1) is 17.2. The van der Waals surface area contributed by atoms with E-state index in [1.165, 1.54) is 0 Å². The van der Waals surface area contributed by atoms with E-state index >= 15 is 0 Å². The monoisotopic (exact) mass is 341 g/mol. The first-order chi connectivity index (χ1) is 12.0. The number of aromatic nitrogens is 3. The van der Waals surface area contributed by atoms with Crippen molar-refractivity contribution in [3.8, 4) is 0 Å². The van der Waals surface area contributed by atoms with Gasteiger partial charge in [0.1, 0.15) is 23.6 Å². The van der Waals surface area contributed by atoms with Gasteiger partial charge in [0.2, 0.25) is 5.91 Å². The number of likely N-dealkylation sites (N-methyl/N-ethyl adjacent to an activating group) is 1. The average Bonchev–Trinajstić information content (AvgIpc) is 3.18. The Kier molecular flexibility index (Phi) is 5.14. The summed E-state index contributed by atoms with van der Waals surface area (Å²) in [6.45, 7) is 3.92. The van der Waals surface area contributed by atoms with Gasteiger partial charge >= 0.3 is 0 Å². The number of carbonyl (C=O) groups excluding carboxylic acids is 1. The van der Waals surface area contributed by atoms with Gasteiger partial charge in [-0.2, -0.15) is 0 Å². The van der Waals surface area contributed by atoms with Gasteiger partial charge in [-0.3, -0.25) is 4.79 Å². The number of para-hydroxylation sites is 1. The molecule has 0 aliphatic heterocycles. The normalized spacial score (nSPS) is 11.4. The van der Waals surface area contributed by atoms with E-state index in [0.29, 0.717) is 13.1 Å². The molecule has 0 aliphatic rings. The summed E-state index contributed by atoms with van der Waals surface area (Å²) < 4.78 is 7.28. The van der Waals surface area contributed by atoms with Crippen LogP contribution < -0.4 is 0 Å². The fourth-order valence-electron chi connectivity index (χ4n) is 2.63. The Morgan fingerprint density at radius 3 is 2.68 bits per heavy atom. The van der Waals surface area contributed by atoms with Crippen LogP contribution in [0.3, 0.4) is 0 Å². The second-order valence-electron chi connectivity index (χ2n) is 6.37. The Balaban J connectivity index is 1.75. The van der Waals surface area contributed by atoms with E-state index in [-0.39, 0.29) is 12.5 Å². The molecule has 0 aliphatic carbocycles. The molecule has 0 radical (unpaired) electrons. The van der Waals surface area contributed by atoms with Crippen LogP contribution in [0.5, 0.6) is 0 Å². The Labute approximate surface area is 146 Å². The number of fused-ring (bicyclic) bond motifs is 1. The van der Waals surface area contributed by atoms with Crippen LogP contribution >= 0.6 is 0 Å². The van der Waals surface area contributed by atoms with Crippen LogP contribution in [0.4, 0.5) is 0 Å². The minimum atomic E-state index is -0.00782. The zero-order valence-electron chi connectivity index (χ0n) is 14.8. The molecule has 0 bridgehead atoms. The molecular weight excluding hydrogens is 318 g/mol. The van der Waals surface area contributed by atoms with Gasteiger partial charge in [-0.05, 0) is 45.3 Å². The summed E-state index contributed by atoms with van der Waals surface area (Å²) in [6, 6.07) is 11.5. The van der Waals surface area contributed by atoms with Gasteiger partial charge in [-0.15, -0.1) is 5.10 Å². The number of rotatable bonds is 7. The smallest absolute Gasteiger partial charge is 0.244 e.